The van der Waals surface area contributed by atoms with E-state index in [0.29, 0.717) is 22.7 Å². The summed E-state index contributed by atoms with van der Waals surface area (Å²) >= 11 is 3.41. The molecule has 1 aromatic heterocycles. The zero-order chi connectivity index (χ0) is 15.0. The Hall–Kier alpha value is -0.930. The van der Waals surface area contributed by atoms with Crippen molar-refractivity contribution in [1.82, 2.24) is 14.7 Å². The predicted octanol–water partition coefficient (Wildman–Crippen LogP) is 1.41. The van der Waals surface area contributed by atoms with Gasteiger partial charge in [-0.2, -0.15) is 0 Å². The molecule has 3 N–H and O–H groups in total. The van der Waals surface area contributed by atoms with Crippen molar-refractivity contribution < 1.29 is 8.42 Å². The van der Waals surface area contributed by atoms with Crippen molar-refractivity contribution in [3.8, 4) is 0 Å². The summed E-state index contributed by atoms with van der Waals surface area (Å²) in [5.74, 6) is 1.26. The van der Waals surface area contributed by atoms with Gasteiger partial charge in [0, 0.05) is 19.6 Å². The van der Waals surface area contributed by atoms with Crippen LogP contribution >= 0.6 is 15.9 Å². The molecular weight excluding hydrogens is 346 g/mol. The second kappa shape index (κ2) is 8.38. The minimum Gasteiger partial charge on any atom is -0.369 e. The Morgan fingerprint density at radius 1 is 1.15 bits per heavy atom. The van der Waals surface area contributed by atoms with Crippen molar-refractivity contribution in [2.45, 2.75) is 20.3 Å². The van der Waals surface area contributed by atoms with Gasteiger partial charge in [-0.05, 0) is 22.4 Å². The number of nitrogens with one attached hydrogen (secondary N) is 3. The molecule has 7 nitrogen and oxygen atoms in total. The summed E-state index contributed by atoms with van der Waals surface area (Å²) in [6.07, 6.45) is 2.42. The highest BCUT2D eigenvalue weighted by atomic mass is 79.9. The summed E-state index contributed by atoms with van der Waals surface area (Å²) < 4.78 is 26.2. The van der Waals surface area contributed by atoms with Crippen LogP contribution in [0.5, 0.6) is 0 Å². The van der Waals surface area contributed by atoms with Gasteiger partial charge in [-0.3, -0.25) is 0 Å². The number of halogens is 1. The topological polar surface area (TPSA) is 96.0 Å². The molecule has 1 heterocycles. The number of aromatic nitrogens is 2. The maximum Gasteiger partial charge on any atom is 0.213 e. The Balaban J connectivity index is 2.60. The first-order valence-electron chi connectivity index (χ1n) is 6.45. The van der Waals surface area contributed by atoms with E-state index in [1.165, 1.54) is 6.33 Å². The average Bonchev–Trinajstić information content (AvgIpc) is 2.39. The van der Waals surface area contributed by atoms with Crippen molar-refractivity contribution in [2.75, 3.05) is 36.0 Å². The molecule has 1 rings (SSSR count). The molecule has 0 saturated carbocycles. The van der Waals surface area contributed by atoms with Gasteiger partial charge in [0.2, 0.25) is 10.0 Å². The summed E-state index contributed by atoms with van der Waals surface area (Å²) in [6, 6.07) is 0. The molecule has 0 aliphatic rings. The van der Waals surface area contributed by atoms with Gasteiger partial charge in [0.05, 0.1) is 5.75 Å². The van der Waals surface area contributed by atoms with Crippen LogP contribution in [0.2, 0.25) is 0 Å². The van der Waals surface area contributed by atoms with E-state index in [-0.39, 0.29) is 12.3 Å². The van der Waals surface area contributed by atoms with E-state index in [1.807, 2.05) is 0 Å². The number of sulfonamides is 1. The molecule has 0 amide bonds. The molecule has 9 heteroatoms. The first-order valence-corrected chi connectivity index (χ1v) is 8.90. The fraction of sp³-hybridized carbons (Fsp3) is 0.636. The average molecular weight is 366 g/mol. The molecule has 0 fully saturated rings. The van der Waals surface area contributed by atoms with Crippen LogP contribution in [0.1, 0.15) is 20.3 Å². The van der Waals surface area contributed by atoms with E-state index >= 15 is 0 Å². The summed E-state index contributed by atoms with van der Waals surface area (Å²) in [4.78, 5) is 8.21. The lowest BCUT2D eigenvalue weighted by Crippen LogP contribution is -2.29. The first-order chi connectivity index (χ1) is 9.50. The molecular formula is C11H20BrN5O2S. The standard InChI is InChI=1S/C11H20BrN5O2S/c1-3-5-13-10-9(12)11(16-8-15-10)14-6-7-20(18,19)17-4-2/h8,17H,3-7H2,1-2H3,(H2,13,14,15,16). The molecule has 0 unspecified atom stereocenters. The summed E-state index contributed by atoms with van der Waals surface area (Å²) in [6.45, 7) is 5.29. The number of rotatable bonds is 9. The second-order valence-electron chi connectivity index (χ2n) is 4.06. The zero-order valence-corrected chi connectivity index (χ0v) is 14.0. The number of nitrogens with zero attached hydrogens (tertiary/aromatic N) is 2. The maximum atomic E-state index is 11.5. The number of hydrogen-bond donors (Lipinski definition) is 3. The fourth-order valence-corrected chi connectivity index (χ4v) is 2.90. The first kappa shape index (κ1) is 17.1. The molecule has 0 atom stereocenters. The lowest BCUT2D eigenvalue weighted by molar-refractivity contribution is 0.584. The Kier molecular flexibility index (Phi) is 7.17. The van der Waals surface area contributed by atoms with Gasteiger partial charge < -0.3 is 10.6 Å². The monoisotopic (exact) mass is 365 g/mol. The quantitative estimate of drug-likeness (QED) is 0.612. The minimum atomic E-state index is -3.23. The van der Waals surface area contributed by atoms with E-state index in [9.17, 15) is 8.42 Å². The Labute approximate surface area is 128 Å². The summed E-state index contributed by atoms with van der Waals surface area (Å²) in [5, 5.41) is 6.15. The van der Waals surface area contributed by atoms with Crippen LogP contribution in [-0.2, 0) is 10.0 Å². The second-order valence-corrected chi connectivity index (χ2v) is 6.77. The molecule has 0 aromatic carbocycles. The lowest BCUT2D eigenvalue weighted by atomic mass is 10.4. The highest BCUT2D eigenvalue weighted by molar-refractivity contribution is 9.10. The van der Waals surface area contributed by atoms with Gasteiger partial charge in [0.1, 0.15) is 22.4 Å². The van der Waals surface area contributed by atoms with Crippen LogP contribution in [0.4, 0.5) is 11.6 Å². The summed E-state index contributed by atoms with van der Waals surface area (Å²) in [5.41, 5.74) is 0. The molecule has 0 radical (unpaired) electrons. The van der Waals surface area contributed by atoms with Gasteiger partial charge in [0.25, 0.3) is 0 Å². The van der Waals surface area contributed by atoms with Crippen LogP contribution in [0, 0.1) is 0 Å². The van der Waals surface area contributed by atoms with Crippen LogP contribution < -0.4 is 15.4 Å². The highest BCUT2D eigenvalue weighted by Gasteiger charge is 2.11. The maximum absolute atomic E-state index is 11.5. The minimum absolute atomic E-state index is 0.00496. The van der Waals surface area contributed by atoms with Crippen molar-refractivity contribution in [2.24, 2.45) is 0 Å². The third kappa shape index (κ3) is 5.59. The molecule has 20 heavy (non-hydrogen) atoms. The molecule has 0 bridgehead atoms. The molecule has 0 saturated heterocycles. The van der Waals surface area contributed by atoms with Gasteiger partial charge >= 0.3 is 0 Å². The van der Waals surface area contributed by atoms with Crippen LogP contribution in [0.25, 0.3) is 0 Å². The van der Waals surface area contributed by atoms with Gasteiger partial charge in [-0.25, -0.2) is 23.1 Å². The van der Waals surface area contributed by atoms with Crippen molar-refractivity contribution in [3.05, 3.63) is 10.8 Å². The third-order valence-corrected chi connectivity index (χ3v) is 4.58. The van der Waals surface area contributed by atoms with E-state index < -0.39 is 10.0 Å². The van der Waals surface area contributed by atoms with Gasteiger partial charge in [0.15, 0.2) is 0 Å². The van der Waals surface area contributed by atoms with E-state index in [0.717, 1.165) is 13.0 Å². The predicted molar refractivity (Wildman–Crippen MR) is 84.5 cm³/mol. The van der Waals surface area contributed by atoms with Gasteiger partial charge in [-0.1, -0.05) is 13.8 Å². The van der Waals surface area contributed by atoms with Crippen molar-refractivity contribution in [1.29, 1.82) is 0 Å². The summed E-state index contributed by atoms with van der Waals surface area (Å²) in [7, 11) is -3.23. The molecule has 0 aliphatic heterocycles. The Morgan fingerprint density at radius 3 is 2.30 bits per heavy atom. The number of anilines is 2. The highest BCUT2D eigenvalue weighted by Crippen LogP contribution is 2.26. The normalized spacial score (nSPS) is 11.3. The van der Waals surface area contributed by atoms with Gasteiger partial charge in [-0.15, -0.1) is 0 Å². The van der Waals surface area contributed by atoms with E-state index in [2.05, 4.69) is 48.2 Å². The Morgan fingerprint density at radius 2 is 1.75 bits per heavy atom. The molecule has 0 spiro atoms. The SMILES string of the molecule is CCCNc1ncnc(NCCS(=O)(=O)NCC)c1Br. The smallest absolute Gasteiger partial charge is 0.213 e. The third-order valence-electron chi connectivity index (χ3n) is 2.36. The van der Waals surface area contributed by atoms with Crippen LogP contribution in [0.15, 0.2) is 10.8 Å². The molecule has 1 aromatic rings. The fourth-order valence-electron chi connectivity index (χ4n) is 1.46. The largest absolute Gasteiger partial charge is 0.369 e. The van der Waals surface area contributed by atoms with E-state index in [4.69, 9.17) is 0 Å². The van der Waals surface area contributed by atoms with E-state index in [1.54, 1.807) is 6.92 Å². The molecule has 114 valence electrons. The number of hydrogen-bond acceptors (Lipinski definition) is 6. The van der Waals surface area contributed by atoms with Crippen molar-refractivity contribution in [3.63, 3.8) is 0 Å². The lowest BCUT2D eigenvalue weighted by Gasteiger charge is -2.11. The van der Waals surface area contributed by atoms with Crippen molar-refractivity contribution >= 4 is 37.6 Å². The van der Waals surface area contributed by atoms with Crippen LogP contribution in [-0.4, -0.2) is 43.8 Å². The molecule has 0 aliphatic carbocycles. The van der Waals surface area contributed by atoms with Crippen LogP contribution in [0.3, 0.4) is 0 Å². The zero-order valence-electron chi connectivity index (χ0n) is 11.6. The Bertz CT molecular complexity index is 524.